The van der Waals surface area contributed by atoms with Crippen molar-refractivity contribution in [3.05, 3.63) is 75.6 Å². The number of hydrogen-bond acceptors (Lipinski definition) is 7. The third-order valence-electron chi connectivity index (χ3n) is 4.31. The average molecular weight is 549 g/mol. The Kier molecular flexibility index (Phi) is 6.76. The van der Waals surface area contributed by atoms with E-state index in [4.69, 9.17) is 23.2 Å². The first-order valence-corrected chi connectivity index (χ1v) is 14.5. The van der Waals surface area contributed by atoms with Gasteiger partial charge in [-0.15, -0.1) is 11.3 Å². The normalized spacial score (nSPS) is 16.6. The minimum absolute atomic E-state index is 0.0340. The number of thioether (sulfide) groups is 1. The Bertz CT molecular complexity index is 1380. The lowest BCUT2D eigenvalue weighted by Gasteiger charge is -2.17. The first kappa shape index (κ1) is 23.4. The second-order valence-electron chi connectivity index (χ2n) is 6.56. The highest BCUT2D eigenvalue weighted by molar-refractivity contribution is 8.23. The first-order valence-electron chi connectivity index (χ1n) is 8.99. The van der Waals surface area contributed by atoms with Crippen molar-refractivity contribution in [1.82, 2.24) is 0 Å². The van der Waals surface area contributed by atoms with Crippen LogP contribution in [-0.2, 0) is 20.0 Å². The van der Waals surface area contributed by atoms with Crippen LogP contribution in [-0.4, -0.2) is 33.0 Å². The number of nitrogens with zero attached hydrogens (tertiary/aromatic N) is 1. The number of sulfonamides is 2. The summed E-state index contributed by atoms with van der Waals surface area (Å²) in [6, 6.07) is 14.8. The van der Waals surface area contributed by atoms with E-state index in [1.54, 1.807) is 11.4 Å². The van der Waals surface area contributed by atoms with Gasteiger partial charge in [0.25, 0.3) is 10.0 Å². The molecule has 2 aromatic carbocycles. The molecule has 4 rings (SSSR count). The number of benzene rings is 2. The van der Waals surface area contributed by atoms with Gasteiger partial charge in [-0.3, -0.25) is 14.4 Å². The van der Waals surface area contributed by atoms with E-state index in [1.165, 1.54) is 18.2 Å². The molecule has 1 aliphatic rings. The molecule has 0 fully saturated rings. The third-order valence-corrected chi connectivity index (χ3v) is 11.2. The van der Waals surface area contributed by atoms with E-state index in [-0.39, 0.29) is 32.2 Å². The van der Waals surface area contributed by atoms with Gasteiger partial charge >= 0.3 is 0 Å². The number of halogens is 2. The van der Waals surface area contributed by atoms with Crippen molar-refractivity contribution in [2.24, 2.45) is 4.99 Å². The zero-order chi connectivity index (χ0) is 22.9. The molecule has 0 saturated heterocycles. The molecule has 2 heterocycles. The fourth-order valence-electron chi connectivity index (χ4n) is 2.80. The zero-order valence-electron chi connectivity index (χ0n) is 16.0. The number of thiophene rings is 1. The molecule has 1 atom stereocenters. The SMILES string of the molecule is O=S(=O)(Nc1cc(Cl)c(Cl)cc1NS(=O)(=O)C1CN=C(c2ccccc2)S1)c1cccs1. The molecule has 168 valence electrons. The molecule has 0 spiro atoms. The molecule has 13 heteroatoms. The highest BCUT2D eigenvalue weighted by atomic mass is 35.5. The Morgan fingerprint density at radius 3 is 2.19 bits per heavy atom. The zero-order valence-corrected chi connectivity index (χ0v) is 20.8. The molecule has 32 heavy (non-hydrogen) atoms. The van der Waals surface area contributed by atoms with E-state index in [0.717, 1.165) is 28.7 Å². The van der Waals surface area contributed by atoms with Gasteiger partial charge in [-0.1, -0.05) is 71.4 Å². The van der Waals surface area contributed by atoms with Crippen molar-refractivity contribution in [3.63, 3.8) is 0 Å². The number of hydrogen-bond donors (Lipinski definition) is 2. The largest absolute Gasteiger partial charge is 0.280 e. The maximum atomic E-state index is 13.1. The maximum absolute atomic E-state index is 13.1. The summed E-state index contributed by atoms with van der Waals surface area (Å²) >= 11 is 14.3. The van der Waals surface area contributed by atoms with Crippen LogP contribution < -0.4 is 9.44 Å². The quantitative estimate of drug-likeness (QED) is 0.427. The van der Waals surface area contributed by atoms with E-state index >= 15 is 0 Å². The topological polar surface area (TPSA) is 105 Å². The number of aliphatic imine (C=N–C) groups is 1. The van der Waals surface area contributed by atoms with Crippen molar-refractivity contribution < 1.29 is 16.8 Å². The molecule has 1 aliphatic heterocycles. The highest BCUT2D eigenvalue weighted by Gasteiger charge is 2.33. The Balaban J connectivity index is 1.59. The lowest BCUT2D eigenvalue weighted by atomic mass is 10.2. The van der Waals surface area contributed by atoms with Crippen LogP contribution in [0.15, 0.2) is 69.2 Å². The number of rotatable bonds is 7. The van der Waals surface area contributed by atoms with Gasteiger partial charge in [-0.25, -0.2) is 16.8 Å². The van der Waals surface area contributed by atoms with Crippen LogP contribution in [0.25, 0.3) is 0 Å². The van der Waals surface area contributed by atoms with Crippen molar-refractivity contribution in [3.8, 4) is 0 Å². The Morgan fingerprint density at radius 1 is 0.906 bits per heavy atom. The second-order valence-corrected chi connectivity index (χ2v) is 13.6. The van der Waals surface area contributed by atoms with Crippen molar-refractivity contribution >= 4 is 82.8 Å². The predicted molar refractivity (Wildman–Crippen MR) is 133 cm³/mol. The minimum atomic E-state index is -3.95. The molecule has 7 nitrogen and oxygen atoms in total. The molecule has 0 aliphatic carbocycles. The smallest absolute Gasteiger partial charge is 0.271 e. The van der Waals surface area contributed by atoms with Crippen LogP contribution in [0.5, 0.6) is 0 Å². The van der Waals surface area contributed by atoms with Gasteiger partial charge in [0.15, 0.2) is 4.58 Å². The summed E-state index contributed by atoms with van der Waals surface area (Å²) in [7, 11) is -7.89. The van der Waals surface area contributed by atoms with Gasteiger partial charge in [0.05, 0.1) is 33.0 Å². The molecule has 0 bridgehead atoms. The Morgan fingerprint density at radius 2 is 1.56 bits per heavy atom. The van der Waals surface area contributed by atoms with Crippen molar-refractivity contribution in [2.75, 3.05) is 16.0 Å². The molecular weight excluding hydrogens is 533 g/mol. The molecule has 2 N–H and O–H groups in total. The fourth-order valence-corrected chi connectivity index (χ4v) is 7.82. The van der Waals surface area contributed by atoms with Gasteiger partial charge < -0.3 is 0 Å². The third kappa shape index (κ3) is 5.08. The standard InChI is InChI=1S/C19H15Cl2N3O4S4/c20-13-9-15(23-31(25,26)17-7-4-8-29-17)16(10-14(13)21)24-32(27,28)18-11-22-19(30-18)12-5-2-1-3-6-12/h1-10,18,23-24H,11H2. The van der Waals surface area contributed by atoms with Crippen LogP contribution in [0, 0.1) is 0 Å². The van der Waals surface area contributed by atoms with E-state index < -0.39 is 24.6 Å². The molecule has 1 aromatic heterocycles. The summed E-state index contributed by atoms with van der Waals surface area (Å²) in [5.41, 5.74) is 0.756. The van der Waals surface area contributed by atoms with Gasteiger partial charge in [-0.05, 0) is 23.6 Å². The minimum Gasteiger partial charge on any atom is -0.280 e. The second kappa shape index (κ2) is 9.24. The van der Waals surface area contributed by atoms with Crippen LogP contribution in [0.1, 0.15) is 5.56 Å². The van der Waals surface area contributed by atoms with Crippen LogP contribution >= 0.6 is 46.3 Å². The lowest BCUT2D eigenvalue weighted by Crippen LogP contribution is -2.27. The van der Waals surface area contributed by atoms with E-state index in [9.17, 15) is 16.8 Å². The molecule has 0 saturated carbocycles. The van der Waals surface area contributed by atoms with Gasteiger partial charge in [0.1, 0.15) is 4.21 Å². The Hall–Kier alpha value is -1.76. The first-order chi connectivity index (χ1) is 15.2. The molecular formula is C19H15Cl2N3O4S4. The average Bonchev–Trinajstić information content (AvgIpc) is 3.45. The van der Waals surface area contributed by atoms with E-state index in [1.807, 2.05) is 30.3 Å². The summed E-state index contributed by atoms with van der Waals surface area (Å²) < 4.78 is 55.5. The van der Waals surface area contributed by atoms with Crippen LogP contribution in [0.3, 0.4) is 0 Å². The summed E-state index contributed by atoms with van der Waals surface area (Å²) in [6.45, 7) is 0.0573. The molecule has 1 unspecified atom stereocenters. The highest BCUT2D eigenvalue weighted by Crippen LogP contribution is 2.37. The summed E-state index contributed by atoms with van der Waals surface area (Å²) in [4.78, 5) is 4.35. The summed E-state index contributed by atoms with van der Waals surface area (Å²) in [6.07, 6.45) is 0. The van der Waals surface area contributed by atoms with Crippen molar-refractivity contribution in [1.29, 1.82) is 0 Å². The van der Waals surface area contributed by atoms with Crippen LogP contribution in [0.2, 0.25) is 10.0 Å². The van der Waals surface area contributed by atoms with E-state index in [0.29, 0.717) is 5.04 Å². The van der Waals surface area contributed by atoms with Crippen LogP contribution in [0.4, 0.5) is 11.4 Å². The maximum Gasteiger partial charge on any atom is 0.271 e. The van der Waals surface area contributed by atoms with E-state index in [2.05, 4.69) is 14.4 Å². The van der Waals surface area contributed by atoms with Gasteiger partial charge in [-0.2, -0.15) is 0 Å². The number of anilines is 2. The Labute approximate surface area is 204 Å². The fraction of sp³-hybridized carbons (Fsp3) is 0.105. The van der Waals surface area contributed by atoms with Gasteiger partial charge in [0.2, 0.25) is 10.0 Å². The lowest BCUT2D eigenvalue weighted by molar-refractivity contribution is 0.598. The summed E-state index contributed by atoms with van der Waals surface area (Å²) in [5.74, 6) is 0. The van der Waals surface area contributed by atoms with Gasteiger partial charge in [0, 0.05) is 5.56 Å². The number of nitrogens with one attached hydrogen (secondary N) is 2. The molecule has 0 radical (unpaired) electrons. The molecule has 3 aromatic rings. The molecule has 0 amide bonds. The summed E-state index contributed by atoms with van der Waals surface area (Å²) in [5, 5.41) is 2.38. The monoisotopic (exact) mass is 547 g/mol. The predicted octanol–water partition coefficient (Wildman–Crippen LogP) is 5.12. The van der Waals surface area contributed by atoms with Crippen molar-refractivity contribution in [2.45, 2.75) is 8.79 Å².